The molecule has 1 amide bonds. The molecule has 0 aliphatic carbocycles. The molecule has 144 valence electrons. The Bertz CT molecular complexity index is 758. The van der Waals surface area contributed by atoms with Gasteiger partial charge in [-0.1, -0.05) is 24.3 Å². The van der Waals surface area contributed by atoms with Crippen molar-refractivity contribution in [1.29, 1.82) is 0 Å². The zero-order valence-corrected chi connectivity index (χ0v) is 16.0. The van der Waals surface area contributed by atoms with Gasteiger partial charge in [-0.05, 0) is 37.1 Å². The van der Waals surface area contributed by atoms with E-state index in [0.29, 0.717) is 31.9 Å². The Morgan fingerprint density at radius 3 is 2.67 bits per heavy atom. The van der Waals surface area contributed by atoms with Gasteiger partial charge in [-0.15, -0.1) is 0 Å². The van der Waals surface area contributed by atoms with Gasteiger partial charge in [0.1, 0.15) is 5.82 Å². The predicted octanol–water partition coefficient (Wildman–Crippen LogP) is 2.77. The average Bonchev–Trinajstić information content (AvgIpc) is 2.71. The summed E-state index contributed by atoms with van der Waals surface area (Å²) in [6, 6.07) is 11.6. The van der Waals surface area contributed by atoms with Gasteiger partial charge in [-0.3, -0.25) is 4.79 Å². The Balaban J connectivity index is 1.68. The Kier molecular flexibility index (Phi) is 6.79. The van der Waals surface area contributed by atoms with Crippen molar-refractivity contribution in [1.82, 2.24) is 10.3 Å². The molecule has 6 nitrogen and oxygen atoms in total. The zero-order valence-electron chi connectivity index (χ0n) is 16.0. The lowest BCUT2D eigenvalue weighted by Gasteiger charge is -2.29. The standard InChI is InChI=1S/C21H27N3O3/c1-16(2)27-15-18-7-4-3-6-17(18)14-23-21(25)19-8-5-9-22-20(19)24-10-12-26-13-11-24/h3-9,16H,10-15H2,1-2H3,(H,23,25). The number of aromatic nitrogens is 1. The number of hydrogen-bond donors (Lipinski definition) is 1. The number of nitrogens with one attached hydrogen (secondary N) is 1. The summed E-state index contributed by atoms with van der Waals surface area (Å²) in [6.07, 6.45) is 1.89. The first kappa shape index (κ1) is 19.3. The number of morpholine rings is 1. The Hall–Kier alpha value is -2.44. The van der Waals surface area contributed by atoms with Gasteiger partial charge < -0.3 is 19.7 Å². The zero-order chi connectivity index (χ0) is 19.1. The highest BCUT2D eigenvalue weighted by Gasteiger charge is 2.19. The van der Waals surface area contributed by atoms with Crippen LogP contribution in [-0.4, -0.2) is 43.3 Å². The van der Waals surface area contributed by atoms with Gasteiger partial charge in [-0.25, -0.2) is 4.98 Å². The summed E-state index contributed by atoms with van der Waals surface area (Å²) in [6.45, 7) is 7.81. The average molecular weight is 369 g/mol. The number of amides is 1. The molecule has 1 fully saturated rings. The van der Waals surface area contributed by atoms with Crippen molar-refractivity contribution in [3.8, 4) is 0 Å². The highest BCUT2D eigenvalue weighted by atomic mass is 16.5. The largest absolute Gasteiger partial charge is 0.378 e. The minimum atomic E-state index is -0.121. The van der Waals surface area contributed by atoms with E-state index in [2.05, 4.69) is 15.2 Å². The molecule has 0 atom stereocenters. The van der Waals surface area contributed by atoms with E-state index >= 15 is 0 Å². The summed E-state index contributed by atoms with van der Waals surface area (Å²) < 4.78 is 11.1. The van der Waals surface area contributed by atoms with Gasteiger partial charge in [0.15, 0.2) is 0 Å². The second-order valence-electron chi connectivity index (χ2n) is 6.79. The topological polar surface area (TPSA) is 63.7 Å². The third kappa shape index (κ3) is 5.28. The van der Waals surface area contributed by atoms with Gasteiger partial charge in [0.05, 0.1) is 31.5 Å². The molecule has 1 N–H and O–H groups in total. The number of hydrogen-bond acceptors (Lipinski definition) is 5. The Morgan fingerprint density at radius 2 is 1.93 bits per heavy atom. The van der Waals surface area contributed by atoms with E-state index < -0.39 is 0 Å². The molecule has 0 unspecified atom stereocenters. The number of carbonyl (C=O) groups excluding carboxylic acids is 1. The van der Waals surface area contributed by atoms with Crippen LogP contribution in [0.25, 0.3) is 0 Å². The van der Waals surface area contributed by atoms with Crippen LogP contribution in [0.4, 0.5) is 5.82 Å². The number of nitrogens with zero attached hydrogens (tertiary/aromatic N) is 2. The van der Waals surface area contributed by atoms with Crippen LogP contribution in [0.5, 0.6) is 0 Å². The van der Waals surface area contributed by atoms with Gasteiger partial charge in [0, 0.05) is 25.8 Å². The maximum Gasteiger partial charge on any atom is 0.255 e. The van der Waals surface area contributed by atoms with Gasteiger partial charge in [0.25, 0.3) is 5.91 Å². The van der Waals surface area contributed by atoms with E-state index in [4.69, 9.17) is 9.47 Å². The predicted molar refractivity (Wildman–Crippen MR) is 105 cm³/mol. The second kappa shape index (κ2) is 9.48. The Labute approximate surface area is 160 Å². The maximum atomic E-state index is 12.8. The lowest BCUT2D eigenvalue weighted by Crippen LogP contribution is -2.38. The molecule has 1 saturated heterocycles. The van der Waals surface area contributed by atoms with E-state index in [1.165, 1.54) is 0 Å². The fraction of sp³-hybridized carbons (Fsp3) is 0.429. The molecular weight excluding hydrogens is 342 g/mol. The number of ether oxygens (including phenoxy) is 2. The lowest BCUT2D eigenvalue weighted by molar-refractivity contribution is 0.0651. The molecule has 6 heteroatoms. The normalized spacial score (nSPS) is 14.4. The minimum Gasteiger partial charge on any atom is -0.378 e. The van der Waals surface area contributed by atoms with E-state index in [9.17, 15) is 4.79 Å². The molecule has 1 aromatic carbocycles. The van der Waals surface area contributed by atoms with Crippen LogP contribution in [-0.2, 0) is 22.6 Å². The van der Waals surface area contributed by atoms with Gasteiger partial charge in [0.2, 0.25) is 0 Å². The van der Waals surface area contributed by atoms with Crippen molar-refractivity contribution in [2.75, 3.05) is 31.2 Å². The second-order valence-corrected chi connectivity index (χ2v) is 6.79. The minimum absolute atomic E-state index is 0.121. The lowest BCUT2D eigenvalue weighted by atomic mass is 10.1. The maximum absolute atomic E-state index is 12.8. The fourth-order valence-electron chi connectivity index (χ4n) is 3.00. The summed E-state index contributed by atoms with van der Waals surface area (Å²) in [5.74, 6) is 0.596. The monoisotopic (exact) mass is 369 g/mol. The van der Waals surface area contributed by atoms with Crippen molar-refractivity contribution < 1.29 is 14.3 Å². The number of anilines is 1. The molecular formula is C21H27N3O3. The van der Waals surface area contributed by atoms with Crippen molar-refractivity contribution >= 4 is 11.7 Å². The van der Waals surface area contributed by atoms with Crippen LogP contribution in [0.3, 0.4) is 0 Å². The number of carbonyl (C=O) groups is 1. The third-order valence-electron chi connectivity index (χ3n) is 4.47. The molecule has 0 radical (unpaired) electrons. The summed E-state index contributed by atoms with van der Waals surface area (Å²) in [4.78, 5) is 19.4. The third-order valence-corrected chi connectivity index (χ3v) is 4.47. The van der Waals surface area contributed by atoms with E-state index in [1.54, 1.807) is 12.3 Å². The smallest absolute Gasteiger partial charge is 0.255 e. The van der Waals surface area contributed by atoms with Crippen molar-refractivity contribution in [3.05, 3.63) is 59.3 Å². The van der Waals surface area contributed by atoms with Gasteiger partial charge >= 0.3 is 0 Å². The first-order chi connectivity index (χ1) is 13.1. The molecule has 2 aromatic rings. The molecule has 27 heavy (non-hydrogen) atoms. The SMILES string of the molecule is CC(C)OCc1ccccc1CNC(=O)c1cccnc1N1CCOCC1. The summed E-state index contributed by atoms with van der Waals surface area (Å²) in [5, 5.41) is 3.03. The molecule has 0 saturated carbocycles. The molecule has 3 rings (SSSR count). The molecule has 1 aliphatic rings. The highest BCUT2D eigenvalue weighted by molar-refractivity contribution is 5.98. The molecule has 0 bridgehead atoms. The highest BCUT2D eigenvalue weighted by Crippen LogP contribution is 2.19. The summed E-state index contributed by atoms with van der Waals surface area (Å²) in [5.41, 5.74) is 2.74. The molecule has 2 heterocycles. The van der Waals surface area contributed by atoms with Crippen molar-refractivity contribution in [3.63, 3.8) is 0 Å². The fourth-order valence-corrected chi connectivity index (χ4v) is 3.00. The van der Waals surface area contributed by atoms with Crippen molar-refractivity contribution in [2.45, 2.75) is 33.1 Å². The first-order valence-electron chi connectivity index (χ1n) is 9.39. The molecule has 1 aliphatic heterocycles. The van der Waals surface area contributed by atoms with Crippen LogP contribution in [0.1, 0.15) is 35.3 Å². The van der Waals surface area contributed by atoms with Crippen LogP contribution in [0, 0.1) is 0 Å². The van der Waals surface area contributed by atoms with E-state index in [1.807, 2.05) is 44.2 Å². The molecule has 0 spiro atoms. The van der Waals surface area contributed by atoms with Crippen molar-refractivity contribution in [2.24, 2.45) is 0 Å². The first-order valence-corrected chi connectivity index (χ1v) is 9.39. The van der Waals surface area contributed by atoms with Crippen LogP contribution < -0.4 is 10.2 Å². The van der Waals surface area contributed by atoms with Crippen LogP contribution >= 0.6 is 0 Å². The van der Waals surface area contributed by atoms with Gasteiger partial charge in [-0.2, -0.15) is 0 Å². The number of rotatable bonds is 7. The number of pyridine rings is 1. The molecule has 1 aromatic heterocycles. The van der Waals surface area contributed by atoms with Crippen LogP contribution in [0.2, 0.25) is 0 Å². The quantitative estimate of drug-likeness (QED) is 0.813. The summed E-state index contributed by atoms with van der Waals surface area (Å²) >= 11 is 0. The van der Waals surface area contributed by atoms with E-state index in [0.717, 1.165) is 30.0 Å². The van der Waals surface area contributed by atoms with E-state index in [-0.39, 0.29) is 12.0 Å². The summed E-state index contributed by atoms with van der Waals surface area (Å²) in [7, 11) is 0. The number of benzene rings is 1. The van der Waals surface area contributed by atoms with Crippen LogP contribution in [0.15, 0.2) is 42.6 Å². The Morgan fingerprint density at radius 1 is 1.19 bits per heavy atom.